The van der Waals surface area contributed by atoms with E-state index >= 15 is 0 Å². The van der Waals surface area contributed by atoms with E-state index in [4.69, 9.17) is 9.47 Å². The number of imidazole rings is 2. The van der Waals surface area contributed by atoms with Gasteiger partial charge in [-0.2, -0.15) is 26.3 Å². The van der Waals surface area contributed by atoms with Crippen molar-refractivity contribution in [2.24, 2.45) is 0 Å². The summed E-state index contributed by atoms with van der Waals surface area (Å²) in [6.07, 6.45) is -8.71. The first-order valence-corrected chi connectivity index (χ1v) is 14.5. The number of anilines is 2. The van der Waals surface area contributed by atoms with Gasteiger partial charge in [0.1, 0.15) is 11.5 Å². The molecule has 0 radical (unpaired) electrons. The minimum absolute atomic E-state index is 0.121. The van der Waals surface area contributed by atoms with Crippen molar-refractivity contribution in [3.05, 3.63) is 108 Å². The van der Waals surface area contributed by atoms with Crippen molar-refractivity contribution in [1.29, 1.82) is 0 Å². The molecule has 49 heavy (non-hydrogen) atoms. The van der Waals surface area contributed by atoms with Crippen molar-refractivity contribution in [3.8, 4) is 11.5 Å². The smallest absolute Gasteiger partial charge is 0.449 e. The number of halogens is 6. The minimum Gasteiger partial charge on any atom is -0.493 e. The second kappa shape index (κ2) is 13.2. The molecule has 4 aromatic carbocycles. The van der Waals surface area contributed by atoms with Crippen LogP contribution in [0, 0.1) is 0 Å². The van der Waals surface area contributed by atoms with E-state index < -0.39 is 35.8 Å². The van der Waals surface area contributed by atoms with Crippen LogP contribution in [0.25, 0.3) is 22.1 Å². The van der Waals surface area contributed by atoms with Gasteiger partial charge in [0.2, 0.25) is 11.6 Å². The number of benzene rings is 4. The Morgan fingerprint density at radius 3 is 1.35 bits per heavy atom. The molecule has 6 rings (SSSR count). The van der Waals surface area contributed by atoms with Crippen LogP contribution in [-0.4, -0.2) is 45.0 Å². The van der Waals surface area contributed by atoms with Gasteiger partial charge in [-0.25, -0.2) is 9.97 Å². The number of rotatable bonds is 10. The molecule has 0 aliphatic rings. The maximum Gasteiger partial charge on any atom is 0.449 e. The Morgan fingerprint density at radius 2 is 0.980 bits per heavy atom. The van der Waals surface area contributed by atoms with Crippen LogP contribution in [-0.2, 0) is 12.4 Å². The van der Waals surface area contributed by atoms with Crippen LogP contribution in [0.2, 0.25) is 0 Å². The molecule has 2 heterocycles. The lowest BCUT2D eigenvalue weighted by Gasteiger charge is -2.10. The number of ether oxygens (including phenoxy) is 2. The zero-order valence-electron chi connectivity index (χ0n) is 25.0. The van der Waals surface area contributed by atoms with E-state index in [1.807, 2.05) is 0 Å². The van der Waals surface area contributed by atoms with E-state index in [2.05, 4.69) is 30.6 Å². The Hall–Kier alpha value is -6.06. The molecule has 2 amide bonds. The summed E-state index contributed by atoms with van der Waals surface area (Å²) < 4.78 is 88.8. The maximum absolute atomic E-state index is 12.9. The maximum atomic E-state index is 12.9. The van der Waals surface area contributed by atoms with Gasteiger partial charge in [-0.15, -0.1) is 0 Å². The quantitative estimate of drug-likeness (QED) is 0.0860. The molecule has 0 unspecified atom stereocenters. The van der Waals surface area contributed by atoms with E-state index in [9.17, 15) is 35.9 Å². The monoisotopic (exact) mass is 682 g/mol. The molecule has 6 aromatic rings. The van der Waals surface area contributed by atoms with E-state index in [-0.39, 0.29) is 22.1 Å². The minimum atomic E-state index is -4.61. The Kier molecular flexibility index (Phi) is 8.86. The molecule has 0 saturated carbocycles. The Bertz CT molecular complexity index is 1970. The molecule has 16 heteroatoms. The summed E-state index contributed by atoms with van der Waals surface area (Å²) in [4.78, 5) is 36.7. The lowest BCUT2D eigenvalue weighted by atomic mass is 10.2. The molecular formula is C33H24F6N6O4. The van der Waals surface area contributed by atoms with E-state index in [1.54, 1.807) is 48.5 Å². The van der Waals surface area contributed by atoms with Crippen LogP contribution in [0.15, 0.2) is 84.9 Å². The number of aromatic amines is 2. The summed E-state index contributed by atoms with van der Waals surface area (Å²) in [5.74, 6) is -2.14. The number of nitrogens with one attached hydrogen (secondary N) is 4. The van der Waals surface area contributed by atoms with Crippen LogP contribution >= 0.6 is 0 Å². The Morgan fingerprint density at radius 1 is 0.592 bits per heavy atom. The fourth-order valence-electron chi connectivity index (χ4n) is 4.69. The number of carbonyl (C=O) groups is 2. The number of fused-ring (bicyclic) bond motifs is 2. The van der Waals surface area contributed by atoms with E-state index in [0.29, 0.717) is 53.6 Å². The SMILES string of the molecule is O=C(Nc1ccc2nc(C(F)(F)F)[nH]c2c1)c1ccc(OCCCOc2ccc(C(=O)Nc3ccc4nc(C(F)(F)F)[nH]c4c3)cc2)cc1. The number of H-pyrrole nitrogens is 2. The lowest BCUT2D eigenvalue weighted by molar-refractivity contribution is -0.144. The van der Waals surface area contributed by atoms with Crippen LogP contribution in [0.3, 0.4) is 0 Å². The van der Waals surface area contributed by atoms with Gasteiger partial charge in [-0.3, -0.25) is 9.59 Å². The van der Waals surface area contributed by atoms with Gasteiger partial charge in [-0.05, 0) is 84.9 Å². The summed E-state index contributed by atoms with van der Waals surface area (Å²) in [5, 5.41) is 5.28. The van der Waals surface area contributed by atoms with Gasteiger partial charge >= 0.3 is 12.4 Å². The van der Waals surface area contributed by atoms with E-state index in [0.717, 1.165) is 0 Å². The third-order valence-electron chi connectivity index (χ3n) is 7.08. The third kappa shape index (κ3) is 7.91. The second-order valence-corrected chi connectivity index (χ2v) is 10.6. The molecule has 0 aliphatic carbocycles. The number of hydrogen-bond acceptors (Lipinski definition) is 6. The molecule has 4 N–H and O–H groups in total. The van der Waals surface area contributed by atoms with Crippen molar-refractivity contribution >= 4 is 45.3 Å². The van der Waals surface area contributed by atoms with Gasteiger partial charge in [0, 0.05) is 28.9 Å². The number of alkyl halides is 6. The molecule has 10 nitrogen and oxygen atoms in total. The molecule has 0 spiro atoms. The zero-order chi connectivity index (χ0) is 34.8. The fraction of sp³-hybridized carbons (Fsp3) is 0.152. The fourth-order valence-corrected chi connectivity index (χ4v) is 4.69. The summed E-state index contributed by atoms with van der Waals surface area (Å²) in [6, 6.07) is 21.1. The van der Waals surface area contributed by atoms with Crippen molar-refractivity contribution in [2.45, 2.75) is 18.8 Å². The highest BCUT2D eigenvalue weighted by atomic mass is 19.4. The first kappa shape index (κ1) is 32.9. The average molecular weight is 683 g/mol. The van der Waals surface area contributed by atoms with E-state index in [1.165, 1.54) is 36.4 Å². The topological polar surface area (TPSA) is 134 Å². The van der Waals surface area contributed by atoms with Crippen molar-refractivity contribution in [1.82, 2.24) is 19.9 Å². The number of aromatic nitrogens is 4. The van der Waals surface area contributed by atoms with Gasteiger partial charge in [0.15, 0.2) is 0 Å². The first-order valence-electron chi connectivity index (χ1n) is 14.5. The number of nitrogens with zero attached hydrogens (tertiary/aromatic N) is 2. The summed E-state index contributed by atoms with van der Waals surface area (Å²) in [5.41, 5.74) is 1.73. The van der Waals surface area contributed by atoms with Gasteiger partial charge < -0.3 is 30.1 Å². The van der Waals surface area contributed by atoms with Crippen molar-refractivity contribution in [2.75, 3.05) is 23.8 Å². The molecular weight excluding hydrogens is 658 g/mol. The normalized spacial score (nSPS) is 11.9. The number of carbonyl (C=O) groups excluding carboxylic acids is 2. The van der Waals surface area contributed by atoms with Gasteiger partial charge in [-0.1, -0.05) is 0 Å². The zero-order valence-corrected chi connectivity index (χ0v) is 25.0. The Balaban J connectivity index is 0.927. The first-order chi connectivity index (χ1) is 23.3. The molecule has 2 aromatic heterocycles. The van der Waals surface area contributed by atoms with Crippen molar-refractivity contribution < 1.29 is 45.4 Å². The summed E-state index contributed by atoms with van der Waals surface area (Å²) in [6.45, 7) is 0.614. The second-order valence-electron chi connectivity index (χ2n) is 10.6. The largest absolute Gasteiger partial charge is 0.493 e. The van der Waals surface area contributed by atoms with Crippen LogP contribution < -0.4 is 20.1 Å². The van der Waals surface area contributed by atoms with Gasteiger partial charge in [0.25, 0.3) is 11.8 Å². The Labute approximate surface area is 272 Å². The molecule has 0 bridgehead atoms. The predicted octanol–water partition coefficient (Wildman–Crippen LogP) is 7.83. The van der Waals surface area contributed by atoms with Gasteiger partial charge in [0.05, 0.1) is 35.3 Å². The number of hydrogen-bond donors (Lipinski definition) is 4. The number of amides is 2. The molecule has 0 aliphatic heterocycles. The molecule has 0 fully saturated rings. The average Bonchev–Trinajstić information content (AvgIpc) is 3.70. The van der Waals surface area contributed by atoms with Crippen LogP contribution in [0.5, 0.6) is 11.5 Å². The summed E-state index contributed by atoms with van der Waals surface area (Å²) in [7, 11) is 0. The highest BCUT2D eigenvalue weighted by molar-refractivity contribution is 6.05. The molecule has 252 valence electrons. The molecule has 0 saturated heterocycles. The highest BCUT2D eigenvalue weighted by Crippen LogP contribution is 2.31. The predicted molar refractivity (Wildman–Crippen MR) is 167 cm³/mol. The van der Waals surface area contributed by atoms with Crippen molar-refractivity contribution in [3.63, 3.8) is 0 Å². The van der Waals surface area contributed by atoms with Crippen LogP contribution in [0.1, 0.15) is 38.8 Å². The standard InChI is InChI=1S/C33H24F6N6O4/c34-32(35,36)30-42-24-12-6-20(16-26(24)44-30)40-28(46)18-2-8-22(9-3-18)48-14-1-15-49-23-10-4-19(5-11-23)29(47)41-21-7-13-25-27(17-21)45-31(43-25)33(37,38)39/h2-13,16-17H,1,14-15H2,(H,40,46)(H,41,47)(H,42,44)(H,43,45). The van der Waals surface area contributed by atoms with Crippen LogP contribution in [0.4, 0.5) is 37.7 Å². The lowest BCUT2D eigenvalue weighted by Crippen LogP contribution is -2.12. The third-order valence-corrected chi connectivity index (χ3v) is 7.08. The highest BCUT2D eigenvalue weighted by Gasteiger charge is 2.35. The molecule has 0 atom stereocenters. The summed E-state index contributed by atoms with van der Waals surface area (Å²) >= 11 is 0.